The van der Waals surface area contributed by atoms with Gasteiger partial charge in [0.1, 0.15) is 18.2 Å². The average molecular weight is 515 g/mol. The van der Waals surface area contributed by atoms with Gasteiger partial charge in [0, 0.05) is 24.9 Å². The largest absolute Gasteiger partial charge is 0.396 e. The van der Waals surface area contributed by atoms with Gasteiger partial charge >= 0.3 is 0 Å². The third-order valence-electron chi connectivity index (χ3n) is 7.78. The number of unbranched alkanes of at least 4 members (excludes halogenated alkanes) is 2. The smallest absolute Gasteiger partial charge is 0.245 e. The fourth-order valence-corrected chi connectivity index (χ4v) is 8.43. The van der Waals surface area contributed by atoms with Crippen molar-refractivity contribution in [3.05, 3.63) is 24.3 Å². The first kappa shape index (κ1) is 25.0. The summed E-state index contributed by atoms with van der Waals surface area (Å²) in [6.45, 7) is 3.28. The van der Waals surface area contributed by atoms with Gasteiger partial charge in [-0.05, 0) is 50.7 Å². The zero-order valence-corrected chi connectivity index (χ0v) is 21.4. The van der Waals surface area contributed by atoms with Crippen molar-refractivity contribution in [2.45, 2.75) is 68.2 Å². The molecule has 36 heavy (non-hydrogen) atoms. The van der Waals surface area contributed by atoms with Crippen LogP contribution >= 0.6 is 11.8 Å². The number of amides is 3. The summed E-state index contributed by atoms with van der Waals surface area (Å²) in [5.41, 5.74) is 1.57. The molecule has 3 aliphatic heterocycles. The summed E-state index contributed by atoms with van der Waals surface area (Å²) in [6.07, 6.45) is 4.54. The summed E-state index contributed by atoms with van der Waals surface area (Å²) in [7, 11) is 0. The Morgan fingerprint density at radius 1 is 1.19 bits per heavy atom. The number of thioether (sulfide) groups is 1. The Balaban J connectivity index is 1.39. The molecule has 3 saturated heterocycles. The van der Waals surface area contributed by atoms with Crippen LogP contribution in [0.4, 0.5) is 0 Å². The van der Waals surface area contributed by atoms with Crippen LogP contribution in [0.1, 0.15) is 45.4 Å². The fourth-order valence-electron chi connectivity index (χ4n) is 6.21. The Morgan fingerprint density at radius 3 is 2.83 bits per heavy atom. The Bertz CT molecular complexity index is 1140. The number of benzene rings is 1. The molecule has 5 atom stereocenters. The van der Waals surface area contributed by atoms with E-state index in [9.17, 15) is 14.4 Å². The van der Waals surface area contributed by atoms with Crippen molar-refractivity contribution in [2.24, 2.45) is 11.8 Å². The number of para-hydroxylation sites is 1. The van der Waals surface area contributed by atoms with E-state index in [1.54, 1.807) is 21.3 Å². The van der Waals surface area contributed by atoms with Gasteiger partial charge < -0.3 is 20.6 Å². The first-order chi connectivity index (χ1) is 17.5. The number of aromatic nitrogens is 3. The Kier molecular flexibility index (Phi) is 7.21. The number of aliphatic hydroxyl groups is 1. The quantitative estimate of drug-likeness (QED) is 0.385. The summed E-state index contributed by atoms with van der Waals surface area (Å²) in [5.74, 6) is -1.25. The maximum absolute atomic E-state index is 13.8. The van der Waals surface area contributed by atoms with Crippen molar-refractivity contribution < 1.29 is 19.5 Å². The summed E-state index contributed by atoms with van der Waals surface area (Å²) in [4.78, 5) is 42.4. The number of hydrogen-bond donors (Lipinski definition) is 3. The van der Waals surface area contributed by atoms with Crippen molar-refractivity contribution in [2.75, 3.05) is 19.7 Å². The highest BCUT2D eigenvalue weighted by molar-refractivity contribution is 8.02. The molecule has 194 valence electrons. The van der Waals surface area contributed by atoms with Gasteiger partial charge in [-0.2, -0.15) is 0 Å². The first-order valence-corrected chi connectivity index (χ1v) is 13.8. The molecule has 0 aliphatic carbocycles. The number of hydrogen-bond acceptors (Lipinski definition) is 7. The van der Waals surface area contributed by atoms with E-state index in [0.29, 0.717) is 25.9 Å². The minimum Gasteiger partial charge on any atom is -0.396 e. The Hall–Kier alpha value is -2.66. The number of nitrogens with one attached hydrogen (secondary N) is 2. The van der Waals surface area contributed by atoms with Gasteiger partial charge in [-0.25, -0.2) is 4.68 Å². The van der Waals surface area contributed by atoms with E-state index in [0.717, 1.165) is 36.7 Å². The van der Waals surface area contributed by atoms with E-state index in [-0.39, 0.29) is 36.2 Å². The van der Waals surface area contributed by atoms with Crippen LogP contribution in [0.15, 0.2) is 24.3 Å². The molecule has 2 bridgehead atoms. The fraction of sp³-hybridized carbons (Fsp3) is 0.640. The highest BCUT2D eigenvalue weighted by Gasteiger charge is 2.73. The van der Waals surface area contributed by atoms with E-state index < -0.39 is 22.6 Å². The number of fused-ring (bicyclic) bond motifs is 2. The summed E-state index contributed by atoms with van der Waals surface area (Å²) in [6, 6.07) is 6.91. The molecule has 1 aromatic carbocycles. The second-order valence-corrected chi connectivity index (χ2v) is 11.5. The van der Waals surface area contributed by atoms with Crippen LogP contribution in [0.2, 0.25) is 0 Å². The van der Waals surface area contributed by atoms with E-state index in [4.69, 9.17) is 5.11 Å². The molecule has 3 amide bonds. The molecule has 0 saturated carbocycles. The van der Waals surface area contributed by atoms with Crippen LogP contribution in [-0.4, -0.2) is 78.5 Å². The summed E-state index contributed by atoms with van der Waals surface area (Å²) < 4.78 is 1.05. The van der Waals surface area contributed by atoms with Crippen LogP contribution < -0.4 is 10.6 Å². The SMILES string of the molecule is CCCNC(=O)[C@@H]1[C@H]2C(=O)N(CCCCCO)C(C(=O)NCn3nnc4ccccc43)C23CC[C@H]1S3. The Morgan fingerprint density at radius 2 is 2.03 bits per heavy atom. The molecule has 1 spiro atoms. The number of carbonyl (C=O) groups is 3. The van der Waals surface area contributed by atoms with E-state index in [1.165, 1.54) is 0 Å². The number of nitrogens with zero attached hydrogens (tertiary/aromatic N) is 4. The molecule has 3 N–H and O–H groups in total. The minimum atomic E-state index is -0.641. The van der Waals surface area contributed by atoms with Crippen molar-refractivity contribution in [3.63, 3.8) is 0 Å². The van der Waals surface area contributed by atoms with Crippen molar-refractivity contribution in [1.29, 1.82) is 0 Å². The van der Waals surface area contributed by atoms with Gasteiger partial charge in [-0.3, -0.25) is 14.4 Å². The lowest BCUT2D eigenvalue weighted by Gasteiger charge is -2.34. The first-order valence-electron chi connectivity index (χ1n) is 12.9. The lowest BCUT2D eigenvalue weighted by molar-refractivity contribution is -0.140. The van der Waals surface area contributed by atoms with Gasteiger partial charge in [-0.1, -0.05) is 24.3 Å². The van der Waals surface area contributed by atoms with Crippen LogP contribution in [0.25, 0.3) is 11.0 Å². The molecule has 5 rings (SSSR count). The molecule has 4 heterocycles. The lowest BCUT2D eigenvalue weighted by Crippen LogP contribution is -2.54. The molecule has 3 fully saturated rings. The van der Waals surface area contributed by atoms with Crippen LogP contribution in [0.5, 0.6) is 0 Å². The van der Waals surface area contributed by atoms with Crippen LogP contribution in [-0.2, 0) is 21.1 Å². The molecule has 10 nitrogen and oxygen atoms in total. The number of rotatable bonds is 11. The van der Waals surface area contributed by atoms with Gasteiger partial charge in [-0.15, -0.1) is 16.9 Å². The van der Waals surface area contributed by atoms with E-state index in [1.807, 2.05) is 31.2 Å². The molecule has 0 radical (unpaired) electrons. The minimum absolute atomic E-state index is 0.0573. The van der Waals surface area contributed by atoms with E-state index >= 15 is 0 Å². The summed E-state index contributed by atoms with van der Waals surface area (Å²) in [5, 5.41) is 23.5. The van der Waals surface area contributed by atoms with Gasteiger partial charge in [0.05, 0.1) is 22.1 Å². The maximum atomic E-state index is 13.8. The molecule has 2 aromatic rings. The molecule has 3 aliphatic rings. The van der Waals surface area contributed by atoms with Crippen molar-refractivity contribution in [1.82, 2.24) is 30.5 Å². The zero-order chi connectivity index (χ0) is 25.3. The predicted octanol–water partition coefficient (Wildman–Crippen LogP) is 1.29. The molecule has 11 heteroatoms. The number of likely N-dealkylation sites (tertiary alicyclic amines) is 1. The van der Waals surface area contributed by atoms with Crippen LogP contribution in [0, 0.1) is 11.8 Å². The predicted molar refractivity (Wildman–Crippen MR) is 136 cm³/mol. The molecular formula is C25H34N6O4S. The highest BCUT2D eigenvalue weighted by atomic mass is 32.2. The lowest BCUT2D eigenvalue weighted by atomic mass is 9.70. The zero-order valence-electron chi connectivity index (χ0n) is 20.6. The normalized spacial score (nSPS) is 28.6. The van der Waals surface area contributed by atoms with Gasteiger partial charge in [0.2, 0.25) is 17.7 Å². The topological polar surface area (TPSA) is 129 Å². The second kappa shape index (κ2) is 10.4. The molecule has 1 aromatic heterocycles. The molecular weight excluding hydrogens is 480 g/mol. The average Bonchev–Trinajstić information content (AvgIpc) is 3.63. The standard InChI is InChI=1S/C25H34N6O4S/c1-2-12-26-22(33)19-18-10-11-25(36-18)20(19)24(35)30(13-6-3-7-14-32)21(25)23(34)27-15-31-17-9-5-4-8-16(17)28-29-31/h4-5,8-9,18-21,32H,2-3,6-7,10-15H2,1H3,(H,26,33)(H,27,34)/t18-,19+,20+,21?,25?/m1/s1. The number of carbonyl (C=O) groups excluding carboxylic acids is 3. The highest BCUT2D eigenvalue weighted by Crippen LogP contribution is 2.66. The summed E-state index contributed by atoms with van der Waals surface area (Å²) >= 11 is 1.67. The third kappa shape index (κ3) is 4.15. The monoisotopic (exact) mass is 514 g/mol. The maximum Gasteiger partial charge on any atom is 0.245 e. The van der Waals surface area contributed by atoms with Gasteiger partial charge in [0.25, 0.3) is 0 Å². The van der Waals surface area contributed by atoms with Gasteiger partial charge in [0.15, 0.2) is 0 Å². The van der Waals surface area contributed by atoms with Crippen molar-refractivity contribution in [3.8, 4) is 0 Å². The second-order valence-electron chi connectivity index (χ2n) is 9.94. The molecule has 2 unspecified atom stereocenters. The van der Waals surface area contributed by atoms with Crippen LogP contribution in [0.3, 0.4) is 0 Å². The Labute approximate surface area is 214 Å². The third-order valence-corrected chi connectivity index (χ3v) is 9.73. The number of aliphatic hydroxyl groups excluding tert-OH is 1. The van der Waals surface area contributed by atoms with E-state index in [2.05, 4.69) is 20.9 Å². The van der Waals surface area contributed by atoms with Crippen molar-refractivity contribution >= 4 is 40.5 Å².